The number of hydrogen-bond acceptors (Lipinski definition) is 13. The highest BCUT2D eigenvalue weighted by atomic mass is 32.2. The molecule has 2 aromatic carbocycles. The number of nitro groups is 2. The molecule has 3 N–H and O–H groups in total. The number of amides is 4. The number of aliphatic hydroxyl groups excluding tert-OH is 1. The van der Waals surface area contributed by atoms with Crippen LogP contribution in [-0.4, -0.2) is 66.6 Å². The molecule has 0 radical (unpaired) electrons. The van der Waals surface area contributed by atoms with Crippen LogP contribution in [0.5, 0.6) is 5.75 Å². The number of carbonyl (C=O) groups excluding carboxylic acids is 5. The molecule has 1 aromatic heterocycles. The smallest absolute Gasteiger partial charge is 0.381 e. The zero-order valence-electron chi connectivity index (χ0n) is 32.3. The lowest BCUT2D eigenvalue weighted by Crippen LogP contribution is -2.42. The summed E-state index contributed by atoms with van der Waals surface area (Å²) in [4.78, 5) is 80.3. The van der Waals surface area contributed by atoms with Crippen LogP contribution in [0.4, 0.5) is 20.6 Å². The first-order valence-corrected chi connectivity index (χ1v) is 19.7. The first-order chi connectivity index (χ1) is 27.5. The van der Waals surface area contributed by atoms with Crippen molar-refractivity contribution in [2.75, 3.05) is 6.61 Å². The number of Topliss-reactive ketones (excluding diaryl/α,β-unsaturated/α-hetero) is 1. The lowest BCUT2D eigenvalue weighted by Gasteiger charge is -2.34. The van der Waals surface area contributed by atoms with Gasteiger partial charge in [0.15, 0.2) is 0 Å². The van der Waals surface area contributed by atoms with Crippen LogP contribution in [0.25, 0.3) is 0 Å². The average molecular weight is 824 g/mol. The Bertz CT molecular complexity index is 1970. The minimum atomic E-state index is -1.21. The molecular formula is C40H46FN5O11S. The van der Waals surface area contributed by atoms with E-state index in [0.29, 0.717) is 31.8 Å². The van der Waals surface area contributed by atoms with Crippen LogP contribution in [0.3, 0.4) is 0 Å². The van der Waals surface area contributed by atoms with E-state index in [1.54, 1.807) is 0 Å². The average Bonchev–Trinajstić information content (AvgIpc) is 3.49. The Balaban J connectivity index is 0.000000202. The molecule has 0 spiro atoms. The molecule has 16 nitrogen and oxygen atoms in total. The van der Waals surface area contributed by atoms with Gasteiger partial charge in [0.2, 0.25) is 23.5 Å². The Kier molecular flexibility index (Phi) is 16.5. The highest BCUT2D eigenvalue weighted by Crippen LogP contribution is 2.35. The molecule has 1 aliphatic carbocycles. The molecular weight excluding hydrogens is 778 g/mol. The number of halogens is 1. The molecule has 3 fully saturated rings. The Hall–Kier alpha value is -5.62. The zero-order chi connectivity index (χ0) is 42.5. The topological polar surface area (TPSA) is 238 Å². The van der Waals surface area contributed by atoms with Crippen molar-refractivity contribution in [3.8, 4) is 5.75 Å². The van der Waals surface area contributed by atoms with Crippen molar-refractivity contribution in [1.82, 2.24) is 15.6 Å². The molecule has 5 atom stereocenters. The Morgan fingerprint density at radius 3 is 2.16 bits per heavy atom. The minimum Gasteiger partial charge on any atom is -0.493 e. The largest absolute Gasteiger partial charge is 0.493 e. The van der Waals surface area contributed by atoms with Crippen LogP contribution in [0.2, 0.25) is 0 Å². The fraction of sp³-hybridized carbons (Fsp3) is 0.450. The molecule has 0 bridgehead atoms. The second kappa shape index (κ2) is 21.2. The number of para-hydroxylation sites is 1. The van der Waals surface area contributed by atoms with E-state index in [-0.39, 0.29) is 64.6 Å². The van der Waals surface area contributed by atoms with Gasteiger partial charge in [-0.15, -0.1) is 0 Å². The van der Waals surface area contributed by atoms with Gasteiger partial charge in [-0.2, -0.15) is 4.39 Å². The van der Waals surface area contributed by atoms with Gasteiger partial charge in [-0.3, -0.25) is 59.8 Å². The first-order valence-electron chi connectivity index (χ1n) is 18.8. The van der Waals surface area contributed by atoms with E-state index < -0.39 is 33.1 Å². The number of imide groups is 2. The number of carbonyl (C=O) groups is 5. The molecule has 58 heavy (non-hydrogen) atoms. The van der Waals surface area contributed by atoms with E-state index >= 15 is 0 Å². The fourth-order valence-corrected chi connectivity index (χ4v) is 7.85. The summed E-state index contributed by atoms with van der Waals surface area (Å²) >= 11 is 1.05. The first kappa shape index (κ1) is 45.1. The summed E-state index contributed by atoms with van der Waals surface area (Å²) in [5.41, 5.74) is 1.31. The number of ketones is 1. The number of aliphatic hydroxyl groups is 1. The molecule has 1 unspecified atom stereocenters. The number of benzene rings is 2. The van der Waals surface area contributed by atoms with Gasteiger partial charge in [0.05, 0.1) is 27.8 Å². The van der Waals surface area contributed by atoms with Crippen molar-refractivity contribution >= 4 is 51.9 Å². The van der Waals surface area contributed by atoms with Crippen LogP contribution in [0, 0.1) is 49.7 Å². The van der Waals surface area contributed by atoms with E-state index in [2.05, 4.69) is 35.5 Å². The van der Waals surface area contributed by atoms with Gasteiger partial charge < -0.3 is 9.84 Å². The fourth-order valence-electron chi connectivity index (χ4n) is 6.99. The summed E-state index contributed by atoms with van der Waals surface area (Å²) in [5, 5.41) is 34.7. The third-order valence-corrected chi connectivity index (χ3v) is 10.9. The molecule has 2 aliphatic heterocycles. The van der Waals surface area contributed by atoms with Gasteiger partial charge >= 0.3 is 11.4 Å². The second-order valence-electron chi connectivity index (χ2n) is 14.5. The van der Waals surface area contributed by atoms with Crippen LogP contribution in [0.15, 0.2) is 60.8 Å². The SMILES string of the molecule is CCc1ccc(CCOc2ccc(CC3SC(=O)NC3=O)cc2)nc1.C[C@@H]1C[C@@H]([C@H](O)CC2CC(=O)NC(=O)C2)C(=O)[C@@H](C)C1.O=[N+]([O-])c1cccc(F)c1[N+](=O)[O-]. The van der Waals surface area contributed by atoms with Gasteiger partial charge in [0, 0.05) is 49.1 Å². The number of aryl methyl sites for hydroxylation is 1. The normalized spacial score (nSPS) is 21.1. The number of pyridine rings is 1. The number of hydrogen-bond donors (Lipinski definition) is 3. The monoisotopic (exact) mass is 823 g/mol. The molecule has 1 saturated carbocycles. The molecule has 3 aromatic rings. The number of aromatic nitrogens is 1. The number of rotatable bonds is 12. The summed E-state index contributed by atoms with van der Waals surface area (Å²) in [6.07, 6.45) is 5.92. The van der Waals surface area contributed by atoms with Crippen molar-refractivity contribution in [2.24, 2.45) is 23.7 Å². The van der Waals surface area contributed by atoms with Gasteiger partial charge in [0.1, 0.15) is 11.5 Å². The van der Waals surface area contributed by atoms with Crippen LogP contribution < -0.4 is 15.4 Å². The standard InChI is InChI=1S/C19H20N2O3S.C15H23NO4.C6H3FN2O4/c1-2-13-3-6-15(20-12-13)9-10-24-16-7-4-14(5-8-16)11-17-18(22)21-19(23)25-17;1-8-3-9(2)15(20)11(4-8)12(17)5-10-6-13(18)16-14(19)7-10;7-4-2-1-3-5(8(10)11)6(4)9(12)13/h3-8,12,17H,2,9-11H2,1H3,(H,21,22,23);8-12,17H,3-7H2,1-2H3,(H,16,18,19);1-3H/t;8-,9-,11-,12+;/m.0./s1. The molecule has 18 heteroatoms. The quantitative estimate of drug-likeness (QED) is 0.111. The molecule has 3 heterocycles. The second-order valence-corrected chi connectivity index (χ2v) is 15.7. The van der Waals surface area contributed by atoms with E-state index in [0.717, 1.165) is 66.2 Å². The summed E-state index contributed by atoms with van der Waals surface area (Å²) < 4.78 is 18.5. The van der Waals surface area contributed by atoms with Crippen LogP contribution in [0.1, 0.15) is 69.7 Å². The van der Waals surface area contributed by atoms with E-state index in [1.807, 2.05) is 43.5 Å². The number of nitrogens with one attached hydrogen (secondary N) is 2. The van der Waals surface area contributed by atoms with E-state index in [4.69, 9.17) is 4.74 Å². The summed E-state index contributed by atoms with van der Waals surface area (Å²) in [6.45, 7) is 6.68. The summed E-state index contributed by atoms with van der Waals surface area (Å²) in [7, 11) is 0. The highest BCUT2D eigenvalue weighted by molar-refractivity contribution is 8.15. The van der Waals surface area contributed by atoms with Gasteiger partial charge in [-0.1, -0.05) is 56.8 Å². The molecule has 310 valence electrons. The van der Waals surface area contributed by atoms with Gasteiger partial charge in [-0.25, -0.2) is 0 Å². The zero-order valence-corrected chi connectivity index (χ0v) is 33.1. The van der Waals surface area contributed by atoms with Crippen molar-refractivity contribution in [1.29, 1.82) is 0 Å². The summed E-state index contributed by atoms with van der Waals surface area (Å²) in [5.74, 6) is -1.13. The van der Waals surface area contributed by atoms with Crippen molar-refractivity contribution < 1.29 is 48.1 Å². The van der Waals surface area contributed by atoms with E-state index in [1.165, 1.54) is 5.56 Å². The minimum absolute atomic E-state index is 0.00492. The number of piperidine rings is 1. The highest BCUT2D eigenvalue weighted by Gasteiger charge is 2.38. The molecule has 3 aliphatic rings. The maximum Gasteiger partial charge on any atom is 0.381 e. The van der Waals surface area contributed by atoms with Crippen molar-refractivity contribution in [2.45, 2.75) is 83.5 Å². The molecule has 2 saturated heterocycles. The lowest BCUT2D eigenvalue weighted by atomic mass is 9.71. The van der Waals surface area contributed by atoms with Crippen molar-refractivity contribution in [3.05, 3.63) is 104 Å². The number of nitro benzene ring substituents is 2. The van der Waals surface area contributed by atoms with Gasteiger partial charge in [-0.05, 0) is 79.3 Å². The Morgan fingerprint density at radius 1 is 0.931 bits per heavy atom. The predicted molar refractivity (Wildman–Crippen MR) is 210 cm³/mol. The lowest BCUT2D eigenvalue weighted by molar-refractivity contribution is -0.424. The molecule has 4 amide bonds. The van der Waals surface area contributed by atoms with Crippen LogP contribution in [-0.2, 0) is 38.4 Å². The van der Waals surface area contributed by atoms with Gasteiger partial charge in [0.25, 0.3) is 5.24 Å². The van der Waals surface area contributed by atoms with Crippen LogP contribution >= 0.6 is 11.8 Å². The van der Waals surface area contributed by atoms with E-state index in [9.17, 15) is 53.7 Å². The third-order valence-electron chi connectivity index (χ3n) is 9.91. The Labute approximate surface area is 338 Å². The number of thioether (sulfide) groups is 1. The number of ether oxygens (including phenoxy) is 1. The maximum atomic E-state index is 12.7. The summed E-state index contributed by atoms with van der Waals surface area (Å²) in [6, 6.07) is 14.5. The maximum absolute atomic E-state index is 12.7. The Morgan fingerprint density at radius 2 is 1.60 bits per heavy atom. The predicted octanol–water partition coefficient (Wildman–Crippen LogP) is 5.84. The van der Waals surface area contributed by atoms with Crippen molar-refractivity contribution in [3.63, 3.8) is 0 Å². The third kappa shape index (κ3) is 13.2. The molecule has 6 rings (SSSR count). The number of nitrogens with zero attached hydrogens (tertiary/aromatic N) is 3.